The van der Waals surface area contributed by atoms with Gasteiger partial charge in [0.25, 0.3) is 0 Å². The van der Waals surface area contributed by atoms with Crippen LogP contribution in [0.1, 0.15) is 18.4 Å². The van der Waals surface area contributed by atoms with E-state index in [9.17, 15) is 0 Å². The summed E-state index contributed by atoms with van der Waals surface area (Å²) in [6.45, 7) is 2.39. The van der Waals surface area contributed by atoms with Crippen molar-refractivity contribution < 1.29 is 4.74 Å². The van der Waals surface area contributed by atoms with Gasteiger partial charge in [0.1, 0.15) is 0 Å². The van der Waals surface area contributed by atoms with E-state index in [0.29, 0.717) is 0 Å². The molecule has 0 unspecified atom stereocenters. The second kappa shape index (κ2) is 5.25. The van der Waals surface area contributed by atoms with E-state index < -0.39 is 0 Å². The quantitative estimate of drug-likeness (QED) is 0.925. The smallest absolute Gasteiger partial charge is 0.0471 e. The number of hydrogen-bond donors (Lipinski definition) is 1. The highest BCUT2D eigenvalue weighted by Gasteiger charge is 2.31. The molecular weight excluding hydrogens is 268 g/mol. The van der Waals surface area contributed by atoms with Gasteiger partial charge in [-0.05, 0) is 58.8 Å². The fraction of sp³-hybridized carbons (Fsp3) is 0.583. The van der Waals surface area contributed by atoms with Gasteiger partial charge in [-0.1, -0.05) is 0 Å². The first-order valence-electron chi connectivity index (χ1n) is 5.61. The van der Waals surface area contributed by atoms with Gasteiger partial charge in [0, 0.05) is 30.1 Å². The number of ether oxygens (including phenoxy) is 1. The molecule has 1 aromatic rings. The third-order valence-electron chi connectivity index (χ3n) is 3.33. The predicted octanol–water partition coefficient (Wildman–Crippen LogP) is 2.14. The number of pyridine rings is 1. The maximum atomic E-state index is 5.94. The molecule has 0 spiro atoms. The monoisotopic (exact) mass is 284 g/mol. The van der Waals surface area contributed by atoms with Crippen molar-refractivity contribution in [2.75, 3.05) is 19.8 Å². The van der Waals surface area contributed by atoms with Crippen molar-refractivity contribution in [1.29, 1.82) is 0 Å². The lowest BCUT2D eigenvalue weighted by Gasteiger charge is -2.36. The normalized spacial score (nSPS) is 19.6. The number of nitrogens with two attached hydrogens (primary N) is 1. The third kappa shape index (κ3) is 2.81. The zero-order chi connectivity index (χ0) is 11.4. The molecule has 0 saturated carbocycles. The molecule has 3 nitrogen and oxygen atoms in total. The lowest BCUT2D eigenvalue weighted by Crippen LogP contribution is -2.38. The van der Waals surface area contributed by atoms with E-state index in [-0.39, 0.29) is 5.41 Å². The maximum Gasteiger partial charge on any atom is 0.0471 e. The van der Waals surface area contributed by atoms with E-state index in [1.165, 1.54) is 5.56 Å². The molecular formula is C12H17BrN2O. The Balaban J connectivity index is 2.11. The van der Waals surface area contributed by atoms with Crippen molar-refractivity contribution in [3.8, 4) is 0 Å². The van der Waals surface area contributed by atoms with E-state index in [4.69, 9.17) is 10.5 Å². The fourth-order valence-corrected chi connectivity index (χ4v) is 2.66. The van der Waals surface area contributed by atoms with Crippen molar-refractivity contribution in [1.82, 2.24) is 4.98 Å². The van der Waals surface area contributed by atoms with Gasteiger partial charge < -0.3 is 10.5 Å². The van der Waals surface area contributed by atoms with Crippen LogP contribution in [0, 0.1) is 5.41 Å². The summed E-state index contributed by atoms with van der Waals surface area (Å²) in [7, 11) is 0. The molecule has 0 radical (unpaired) electrons. The summed E-state index contributed by atoms with van der Waals surface area (Å²) in [6, 6.07) is 2.12. The SMILES string of the molecule is NCC1(Cc2cncc(Br)c2)CCOCC1. The number of halogens is 1. The molecule has 2 heterocycles. The van der Waals surface area contributed by atoms with Crippen LogP contribution in [0.15, 0.2) is 22.9 Å². The van der Waals surface area contributed by atoms with Crippen LogP contribution in [-0.2, 0) is 11.2 Å². The molecule has 88 valence electrons. The van der Waals surface area contributed by atoms with Crippen LogP contribution in [0.5, 0.6) is 0 Å². The predicted molar refractivity (Wildman–Crippen MR) is 67.2 cm³/mol. The Morgan fingerprint density at radius 3 is 2.75 bits per heavy atom. The summed E-state index contributed by atoms with van der Waals surface area (Å²) in [5, 5.41) is 0. The Labute approximate surface area is 105 Å². The molecule has 0 amide bonds. The minimum Gasteiger partial charge on any atom is -0.381 e. The van der Waals surface area contributed by atoms with Gasteiger partial charge in [0.2, 0.25) is 0 Å². The summed E-state index contributed by atoms with van der Waals surface area (Å²) < 4.78 is 6.44. The number of nitrogens with zero attached hydrogens (tertiary/aromatic N) is 1. The summed E-state index contributed by atoms with van der Waals surface area (Å²) in [4.78, 5) is 4.20. The highest BCUT2D eigenvalue weighted by atomic mass is 79.9. The van der Waals surface area contributed by atoms with Crippen LogP contribution in [0.3, 0.4) is 0 Å². The maximum absolute atomic E-state index is 5.94. The molecule has 1 saturated heterocycles. The highest BCUT2D eigenvalue weighted by molar-refractivity contribution is 9.10. The van der Waals surface area contributed by atoms with Crippen molar-refractivity contribution >= 4 is 15.9 Å². The molecule has 1 aliphatic rings. The Bertz CT molecular complexity index is 351. The van der Waals surface area contributed by atoms with E-state index in [2.05, 4.69) is 27.0 Å². The average Bonchev–Trinajstić information content (AvgIpc) is 2.30. The zero-order valence-electron chi connectivity index (χ0n) is 9.29. The molecule has 0 bridgehead atoms. The first-order chi connectivity index (χ1) is 7.74. The zero-order valence-corrected chi connectivity index (χ0v) is 10.9. The van der Waals surface area contributed by atoms with E-state index in [1.54, 1.807) is 0 Å². The summed E-state index contributed by atoms with van der Waals surface area (Å²) in [5.74, 6) is 0. The van der Waals surface area contributed by atoms with Crippen molar-refractivity contribution in [3.63, 3.8) is 0 Å². The van der Waals surface area contributed by atoms with Gasteiger partial charge in [-0.3, -0.25) is 4.98 Å². The van der Waals surface area contributed by atoms with Gasteiger partial charge in [-0.2, -0.15) is 0 Å². The van der Waals surface area contributed by atoms with Crippen LogP contribution < -0.4 is 5.73 Å². The Kier molecular flexibility index (Phi) is 3.95. The standard InChI is InChI=1S/C12H17BrN2O/c13-11-5-10(7-15-8-11)6-12(9-14)1-3-16-4-2-12/h5,7-8H,1-4,6,9,14H2. The van der Waals surface area contributed by atoms with Gasteiger partial charge in [-0.25, -0.2) is 0 Å². The molecule has 2 N–H and O–H groups in total. The van der Waals surface area contributed by atoms with Crippen molar-refractivity contribution in [3.05, 3.63) is 28.5 Å². The second-order valence-corrected chi connectivity index (χ2v) is 5.42. The number of aromatic nitrogens is 1. The van der Waals surface area contributed by atoms with Crippen molar-refractivity contribution in [2.24, 2.45) is 11.1 Å². The minimum absolute atomic E-state index is 0.209. The Hall–Kier alpha value is -0.450. The molecule has 0 aliphatic carbocycles. The Morgan fingerprint density at radius 1 is 1.38 bits per heavy atom. The molecule has 2 rings (SSSR count). The number of rotatable bonds is 3. The summed E-state index contributed by atoms with van der Waals surface area (Å²) in [5.41, 5.74) is 7.40. The second-order valence-electron chi connectivity index (χ2n) is 4.50. The summed E-state index contributed by atoms with van der Waals surface area (Å²) in [6.07, 6.45) is 6.84. The third-order valence-corrected chi connectivity index (χ3v) is 3.76. The minimum atomic E-state index is 0.209. The first kappa shape index (κ1) is 12.0. The fourth-order valence-electron chi connectivity index (χ4n) is 2.24. The van der Waals surface area contributed by atoms with E-state index in [0.717, 1.165) is 43.5 Å². The van der Waals surface area contributed by atoms with E-state index >= 15 is 0 Å². The van der Waals surface area contributed by atoms with Crippen LogP contribution >= 0.6 is 15.9 Å². The molecule has 1 fully saturated rings. The van der Waals surface area contributed by atoms with Crippen LogP contribution in [0.4, 0.5) is 0 Å². The molecule has 0 atom stereocenters. The lowest BCUT2D eigenvalue weighted by molar-refractivity contribution is 0.0191. The highest BCUT2D eigenvalue weighted by Crippen LogP contribution is 2.33. The van der Waals surface area contributed by atoms with Crippen LogP contribution in [0.2, 0.25) is 0 Å². The van der Waals surface area contributed by atoms with Gasteiger partial charge in [0.05, 0.1) is 0 Å². The topological polar surface area (TPSA) is 48.1 Å². The van der Waals surface area contributed by atoms with Gasteiger partial charge in [0.15, 0.2) is 0 Å². The largest absolute Gasteiger partial charge is 0.381 e. The van der Waals surface area contributed by atoms with Crippen molar-refractivity contribution in [2.45, 2.75) is 19.3 Å². The first-order valence-corrected chi connectivity index (χ1v) is 6.41. The molecule has 0 aromatic carbocycles. The average molecular weight is 285 g/mol. The molecule has 16 heavy (non-hydrogen) atoms. The molecule has 4 heteroatoms. The van der Waals surface area contributed by atoms with Crippen LogP contribution in [-0.4, -0.2) is 24.7 Å². The molecule has 1 aliphatic heterocycles. The molecule has 1 aromatic heterocycles. The summed E-state index contributed by atoms with van der Waals surface area (Å²) >= 11 is 3.45. The Morgan fingerprint density at radius 2 is 2.12 bits per heavy atom. The van der Waals surface area contributed by atoms with E-state index in [1.807, 2.05) is 12.4 Å². The lowest BCUT2D eigenvalue weighted by atomic mass is 9.75. The van der Waals surface area contributed by atoms with Gasteiger partial charge >= 0.3 is 0 Å². The number of hydrogen-bond acceptors (Lipinski definition) is 3. The van der Waals surface area contributed by atoms with Crippen LogP contribution in [0.25, 0.3) is 0 Å². The van der Waals surface area contributed by atoms with Gasteiger partial charge in [-0.15, -0.1) is 0 Å².